The van der Waals surface area contributed by atoms with Gasteiger partial charge in [-0.2, -0.15) is 5.10 Å². The number of carbonyl (C=O) groups excluding carboxylic acids is 2. The lowest BCUT2D eigenvalue weighted by molar-refractivity contribution is -0.115. The minimum atomic E-state index is -0.305. The number of hydrogen-bond donors (Lipinski definition) is 2. The van der Waals surface area contributed by atoms with Crippen LogP contribution in [0.4, 0.5) is 5.69 Å². The van der Waals surface area contributed by atoms with Gasteiger partial charge in [-0.1, -0.05) is 37.3 Å². The maximum absolute atomic E-state index is 11.9. The summed E-state index contributed by atoms with van der Waals surface area (Å²) in [4.78, 5) is 23.2. The first-order chi connectivity index (χ1) is 10.7. The van der Waals surface area contributed by atoms with E-state index < -0.39 is 0 Å². The molecule has 0 unspecified atom stereocenters. The fourth-order valence-electron chi connectivity index (χ4n) is 1.72. The molecule has 0 radical (unpaired) electrons. The Morgan fingerprint density at radius 2 is 1.73 bits per heavy atom. The zero-order valence-corrected chi connectivity index (χ0v) is 12.2. The number of hydrazone groups is 1. The first-order valence-electron chi connectivity index (χ1n) is 6.97. The molecule has 0 heterocycles. The van der Waals surface area contributed by atoms with Crippen LogP contribution in [0.25, 0.3) is 0 Å². The van der Waals surface area contributed by atoms with E-state index in [-0.39, 0.29) is 11.8 Å². The lowest BCUT2D eigenvalue weighted by atomic mass is 10.2. The summed E-state index contributed by atoms with van der Waals surface area (Å²) in [7, 11) is 0. The second-order valence-corrected chi connectivity index (χ2v) is 4.59. The molecule has 0 saturated carbocycles. The smallest absolute Gasteiger partial charge is 0.271 e. The van der Waals surface area contributed by atoms with Gasteiger partial charge in [0, 0.05) is 17.7 Å². The van der Waals surface area contributed by atoms with Crippen LogP contribution in [0.5, 0.6) is 0 Å². The Kier molecular flexibility index (Phi) is 5.43. The molecule has 5 nitrogen and oxygen atoms in total. The summed E-state index contributed by atoms with van der Waals surface area (Å²) in [6.45, 7) is 1.78. The molecule has 0 fully saturated rings. The van der Waals surface area contributed by atoms with Crippen LogP contribution in [0.2, 0.25) is 0 Å². The molecule has 22 heavy (non-hydrogen) atoms. The highest BCUT2D eigenvalue weighted by Crippen LogP contribution is 2.09. The SMILES string of the molecule is CCC(=O)Nc1ccc(C(=O)N/N=C\c2ccccc2)cc1. The summed E-state index contributed by atoms with van der Waals surface area (Å²) in [6, 6.07) is 16.1. The van der Waals surface area contributed by atoms with Gasteiger partial charge in [0.15, 0.2) is 0 Å². The molecule has 2 rings (SSSR count). The Balaban J connectivity index is 1.92. The van der Waals surface area contributed by atoms with Crippen LogP contribution in [0, 0.1) is 0 Å². The summed E-state index contributed by atoms with van der Waals surface area (Å²) in [5.41, 5.74) is 4.50. The van der Waals surface area contributed by atoms with Gasteiger partial charge in [0.05, 0.1) is 6.21 Å². The van der Waals surface area contributed by atoms with E-state index in [9.17, 15) is 9.59 Å². The highest BCUT2D eigenvalue weighted by molar-refractivity contribution is 5.96. The molecule has 2 aromatic carbocycles. The molecule has 0 spiro atoms. The average Bonchev–Trinajstić information content (AvgIpc) is 2.56. The number of anilines is 1. The van der Waals surface area contributed by atoms with E-state index in [4.69, 9.17) is 0 Å². The fourth-order valence-corrected chi connectivity index (χ4v) is 1.72. The van der Waals surface area contributed by atoms with E-state index in [1.54, 1.807) is 37.4 Å². The summed E-state index contributed by atoms with van der Waals surface area (Å²) in [5, 5.41) is 6.63. The number of hydrogen-bond acceptors (Lipinski definition) is 3. The van der Waals surface area contributed by atoms with E-state index >= 15 is 0 Å². The molecule has 0 atom stereocenters. The first kappa shape index (κ1) is 15.4. The lowest BCUT2D eigenvalue weighted by Crippen LogP contribution is -2.17. The van der Waals surface area contributed by atoms with Crippen molar-refractivity contribution in [3.8, 4) is 0 Å². The van der Waals surface area contributed by atoms with Gasteiger partial charge in [0.25, 0.3) is 5.91 Å². The number of amides is 2. The second-order valence-electron chi connectivity index (χ2n) is 4.59. The minimum Gasteiger partial charge on any atom is -0.326 e. The molecule has 2 amide bonds. The van der Waals surface area contributed by atoms with Gasteiger partial charge in [-0.3, -0.25) is 9.59 Å². The Hall–Kier alpha value is -2.95. The summed E-state index contributed by atoms with van der Waals surface area (Å²) in [5.74, 6) is -0.370. The molecule has 0 bridgehead atoms. The third kappa shape index (κ3) is 4.56. The maximum atomic E-state index is 11.9. The van der Waals surface area contributed by atoms with Crippen molar-refractivity contribution in [2.45, 2.75) is 13.3 Å². The van der Waals surface area contributed by atoms with Crippen molar-refractivity contribution in [2.24, 2.45) is 5.10 Å². The topological polar surface area (TPSA) is 70.6 Å². The highest BCUT2D eigenvalue weighted by atomic mass is 16.2. The Bertz CT molecular complexity index is 664. The van der Waals surface area contributed by atoms with Gasteiger partial charge in [-0.25, -0.2) is 5.43 Å². The van der Waals surface area contributed by atoms with Gasteiger partial charge < -0.3 is 5.32 Å². The molecule has 0 aromatic heterocycles. The number of benzene rings is 2. The normalized spacial score (nSPS) is 10.4. The number of nitrogens with zero attached hydrogens (tertiary/aromatic N) is 1. The minimum absolute atomic E-state index is 0.0651. The van der Waals surface area contributed by atoms with E-state index in [1.165, 1.54) is 0 Å². The van der Waals surface area contributed by atoms with E-state index in [1.807, 2.05) is 30.3 Å². The molecule has 2 N–H and O–H groups in total. The Morgan fingerprint density at radius 1 is 1.05 bits per heavy atom. The lowest BCUT2D eigenvalue weighted by Gasteiger charge is -2.04. The zero-order valence-electron chi connectivity index (χ0n) is 12.2. The predicted molar refractivity (Wildman–Crippen MR) is 86.9 cm³/mol. The van der Waals surface area contributed by atoms with Crippen LogP contribution in [0.1, 0.15) is 29.3 Å². The number of carbonyl (C=O) groups is 2. The van der Waals surface area contributed by atoms with Gasteiger partial charge in [-0.05, 0) is 29.8 Å². The highest BCUT2D eigenvalue weighted by Gasteiger charge is 2.04. The largest absolute Gasteiger partial charge is 0.326 e. The third-order valence-electron chi connectivity index (χ3n) is 2.93. The average molecular weight is 295 g/mol. The molecule has 0 aliphatic heterocycles. The maximum Gasteiger partial charge on any atom is 0.271 e. The van der Waals surface area contributed by atoms with Gasteiger partial charge >= 0.3 is 0 Å². The molecule has 0 saturated heterocycles. The molecule has 0 aliphatic carbocycles. The predicted octanol–water partition coefficient (Wildman–Crippen LogP) is 2.80. The van der Waals surface area contributed by atoms with E-state index in [0.29, 0.717) is 17.7 Å². The van der Waals surface area contributed by atoms with Crippen molar-refractivity contribution in [3.05, 3.63) is 65.7 Å². The molecular weight excluding hydrogens is 278 g/mol. The number of nitrogens with one attached hydrogen (secondary N) is 2. The monoisotopic (exact) mass is 295 g/mol. The van der Waals surface area contributed by atoms with Crippen molar-refractivity contribution in [2.75, 3.05) is 5.32 Å². The molecular formula is C17H17N3O2. The summed E-state index contributed by atoms with van der Waals surface area (Å²) >= 11 is 0. The second kappa shape index (κ2) is 7.73. The van der Waals surface area contributed by atoms with E-state index in [2.05, 4.69) is 15.8 Å². The van der Waals surface area contributed by atoms with Gasteiger partial charge in [0.1, 0.15) is 0 Å². The summed E-state index contributed by atoms with van der Waals surface area (Å²) < 4.78 is 0. The number of rotatable bonds is 5. The zero-order chi connectivity index (χ0) is 15.8. The van der Waals surface area contributed by atoms with Crippen LogP contribution < -0.4 is 10.7 Å². The van der Waals surface area contributed by atoms with Crippen molar-refractivity contribution < 1.29 is 9.59 Å². The quantitative estimate of drug-likeness (QED) is 0.657. The Labute approximate surface area is 129 Å². The van der Waals surface area contributed by atoms with Crippen molar-refractivity contribution in [3.63, 3.8) is 0 Å². The Morgan fingerprint density at radius 3 is 2.36 bits per heavy atom. The van der Waals surface area contributed by atoms with Crippen molar-refractivity contribution in [1.82, 2.24) is 5.43 Å². The van der Waals surface area contributed by atoms with Crippen molar-refractivity contribution >= 4 is 23.7 Å². The van der Waals surface area contributed by atoms with Gasteiger partial charge in [0.2, 0.25) is 5.91 Å². The van der Waals surface area contributed by atoms with Gasteiger partial charge in [-0.15, -0.1) is 0 Å². The van der Waals surface area contributed by atoms with Crippen LogP contribution in [-0.2, 0) is 4.79 Å². The van der Waals surface area contributed by atoms with Crippen molar-refractivity contribution in [1.29, 1.82) is 0 Å². The first-order valence-corrected chi connectivity index (χ1v) is 6.97. The molecule has 2 aromatic rings. The fraction of sp³-hybridized carbons (Fsp3) is 0.118. The van der Waals surface area contributed by atoms with Crippen LogP contribution in [-0.4, -0.2) is 18.0 Å². The van der Waals surface area contributed by atoms with E-state index in [0.717, 1.165) is 5.56 Å². The standard InChI is InChI=1S/C17H17N3O2/c1-2-16(21)19-15-10-8-14(9-11-15)17(22)20-18-12-13-6-4-3-5-7-13/h3-12H,2H2,1H3,(H,19,21)(H,20,22)/b18-12-. The molecule has 112 valence electrons. The summed E-state index contributed by atoms with van der Waals surface area (Å²) in [6.07, 6.45) is 1.99. The van der Waals surface area contributed by atoms with Crippen LogP contribution >= 0.6 is 0 Å². The third-order valence-corrected chi connectivity index (χ3v) is 2.93. The molecule has 0 aliphatic rings. The van der Waals surface area contributed by atoms with Crippen LogP contribution in [0.3, 0.4) is 0 Å². The van der Waals surface area contributed by atoms with Crippen LogP contribution in [0.15, 0.2) is 59.7 Å². The molecule has 5 heteroatoms.